The minimum atomic E-state index is -0.598. The summed E-state index contributed by atoms with van der Waals surface area (Å²) >= 11 is 0. The van der Waals surface area contributed by atoms with Gasteiger partial charge in [-0.25, -0.2) is 0 Å². The number of amides is 1. The lowest BCUT2D eigenvalue weighted by Gasteiger charge is -2.17. The second-order valence-corrected chi connectivity index (χ2v) is 3.83. The normalized spacial score (nSPS) is 10.1. The van der Waals surface area contributed by atoms with E-state index < -0.39 is 4.92 Å². The number of nitrogens with one attached hydrogen (secondary N) is 1. The number of rotatable bonds is 5. The Morgan fingerprint density at radius 2 is 2.22 bits per heavy atom. The van der Waals surface area contributed by atoms with E-state index in [0.717, 1.165) is 0 Å². The maximum Gasteiger partial charge on any atom is 0.292 e. The van der Waals surface area contributed by atoms with Crippen LogP contribution in [0.25, 0.3) is 0 Å². The number of nitrogen functional groups attached to an aromatic ring is 1. The second kappa shape index (κ2) is 5.97. The van der Waals surface area contributed by atoms with Crippen molar-refractivity contribution in [3.05, 3.63) is 33.9 Å². The molecule has 1 amide bonds. The number of nitro groups is 1. The monoisotopic (exact) mass is 252 g/mol. The average Bonchev–Trinajstić information content (AvgIpc) is 2.35. The Labute approximate surface area is 105 Å². The molecule has 0 heterocycles. The van der Waals surface area contributed by atoms with Crippen molar-refractivity contribution in [1.82, 2.24) is 10.2 Å². The average molecular weight is 252 g/mol. The van der Waals surface area contributed by atoms with Crippen LogP contribution in [-0.4, -0.2) is 42.9 Å². The van der Waals surface area contributed by atoms with Crippen molar-refractivity contribution in [3.8, 4) is 0 Å². The zero-order chi connectivity index (χ0) is 13.7. The van der Waals surface area contributed by atoms with Crippen LogP contribution in [0.2, 0.25) is 0 Å². The van der Waals surface area contributed by atoms with E-state index in [1.54, 1.807) is 14.1 Å². The van der Waals surface area contributed by atoms with Gasteiger partial charge < -0.3 is 16.0 Å². The number of hydrogen-bond donors (Lipinski definition) is 2. The number of para-hydroxylation sites is 1. The topological polar surface area (TPSA) is 102 Å². The standard InChI is InChI=1S/C11H16N4O3/c1-13-6-7-14(2)11(16)8-4-3-5-9(10(8)12)15(17)18/h3-5,13H,6-7,12H2,1-2H3. The van der Waals surface area contributed by atoms with E-state index in [2.05, 4.69) is 5.32 Å². The second-order valence-electron chi connectivity index (χ2n) is 3.83. The molecule has 0 radical (unpaired) electrons. The Morgan fingerprint density at radius 3 is 2.78 bits per heavy atom. The van der Waals surface area contributed by atoms with Gasteiger partial charge in [0.2, 0.25) is 0 Å². The van der Waals surface area contributed by atoms with Crippen LogP contribution in [0.5, 0.6) is 0 Å². The van der Waals surface area contributed by atoms with Gasteiger partial charge in [-0.05, 0) is 13.1 Å². The Bertz CT molecular complexity index is 462. The molecule has 0 bridgehead atoms. The number of anilines is 1. The molecule has 0 aliphatic carbocycles. The van der Waals surface area contributed by atoms with E-state index in [0.29, 0.717) is 13.1 Å². The van der Waals surface area contributed by atoms with Gasteiger partial charge in [0, 0.05) is 26.2 Å². The first kappa shape index (κ1) is 13.9. The molecule has 3 N–H and O–H groups in total. The molecule has 0 aliphatic rings. The molecule has 1 aromatic rings. The fraction of sp³-hybridized carbons (Fsp3) is 0.364. The SMILES string of the molecule is CNCCN(C)C(=O)c1cccc([N+](=O)[O-])c1N. The van der Waals surface area contributed by atoms with Crippen LogP contribution in [0.3, 0.4) is 0 Å². The summed E-state index contributed by atoms with van der Waals surface area (Å²) in [5.41, 5.74) is 5.46. The van der Waals surface area contributed by atoms with Crippen LogP contribution < -0.4 is 11.1 Å². The van der Waals surface area contributed by atoms with Gasteiger partial charge in [0.15, 0.2) is 0 Å². The number of benzene rings is 1. The van der Waals surface area contributed by atoms with Gasteiger partial charge in [-0.15, -0.1) is 0 Å². The molecule has 0 saturated heterocycles. The molecule has 98 valence electrons. The molecule has 0 spiro atoms. The lowest BCUT2D eigenvalue weighted by Crippen LogP contribution is -2.33. The molecule has 0 aliphatic heterocycles. The van der Waals surface area contributed by atoms with Crippen LogP contribution in [-0.2, 0) is 0 Å². The third kappa shape index (κ3) is 2.95. The molecule has 7 heteroatoms. The van der Waals surface area contributed by atoms with Crippen LogP contribution in [0, 0.1) is 10.1 Å². The zero-order valence-corrected chi connectivity index (χ0v) is 10.3. The summed E-state index contributed by atoms with van der Waals surface area (Å²) in [5, 5.41) is 13.6. The smallest absolute Gasteiger partial charge is 0.292 e. The third-order valence-corrected chi connectivity index (χ3v) is 2.55. The van der Waals surface area contributed by atoms with Gasteiger partial charge in [-0.2, -0.15) is 0 Å². The molecule has 1 rings (SSSR count). The van der Waals surface area contributed by atoms with E-state index in [1.807, 2.05) is 0 Å². The molecule has 0 fully saturated rings. The van der Waals surface area contributed by atoms with Crippen molar-refractivity contribution in [2.24, 2.45) is 0 Å². The largest absolute Gasteiger partial charge is 0.393 e. The highest BCUT2D eigenvalue weighted by atomic mass is 16.6. The van der Waals surface area contributed by atoms with Gasteiger partial charge in [-0.1, -0.05) is 6.07 Å². The lowest BCUT2D eigenvalue weighted by atomic mass is 10.1. The van der Waals surface area contributed by atoms with E-state index in [9.17, 15) is 14.9 Å². The number of nitrogens with two attached hydrogens (primary N) is 1. The van der Waals surface area contributed by atoms with E-state index >= 15 is 0 Å². The Balaban J connectivity index is 2.99. The highest BCUT2D eigenvalue weighted by molar-refractivity contribution is 6.00. The molecule has 0 unspecified atom stereocenters. The summed E-state index contributed by atoms with van der Waals surface area (Å²) in [6.07, 6.45) is 0. The van der Waals surface area contributed by atoms with Gasteiger partial charge in [0.05, 0.1) is 10.5 Å². The third-order valence-electron chi connectivity index (χ3n) is 2.55. The summed E-state index contributed by atoms with van der Waals surface area (Å²) < 4.78 is 0. The number of likely N-dealkylation sites (N-methyl/N-ethyl adjacent to an activating group) is 2. The van der Waals surface area contributed by atoms with Crippen LogP contribution in [0.15, 0.2) is 18.2 Å². The molecule has 7 nitrogen and oxygen atoms in total. The fourth-order valence-electron chi connectivity index (χ4n) is 1.49. The molecular weight excluding hydrogens is 236 g/mol. The van der Waals surface area contributed by atoms with Gasteiger partial charge >= 0.3 is 0 Å². The summed E-state index contributed by atoms with van der Waals surface area (Å²) in [6.45, 7) is 1.13. The Morgan fingerprint density at radius 1 is 1.56 bits per heavy atom. The first-order valence-corrected chi connectivity index (χ1v) is 5.42. The number of nitro benzene ring substituents is 1. The zero-order valence-electron chi connectivity index (χ0n) is 10.3. The Kier molecular flexibility index (Phi) is 4.61. The van der Waals surface area contributed by atoms with Crippen molar-refractivity contribution in [3.63, 3.8) is 0 Å². The number of carbonyl (C=O) groups excluding carboxylic acids is 1. The minimum absolute atomic E-state index is 0.0937. The minimum Gasteiger partial charge on any atom is -0.393 e. The van der Waals surface area contributed by atoms with Gasteiger partial charge in [0.1, 0.15) is 5.69 Å². The summed E-state index contributed by atoms with van der Waals surface area (Å²) in [7, 11) is 3.40. The molecular formula is C11H16N4O3. The van der Waals surface area contributed by atoms with E-state index in [1.165, 1.54) is 23.1 Å². The fourth-order valence-corrected chi connectivity index (χ4v) is 1.49. The summed E-state index contributed by atoms with van der Waals surface area (Å²) in [6, 6.07) is 4.22. The van der Waals surface area contributed by atoms with Crippen molar-refractivity contribution < 1.29 is 9.72 Å². The molecule has 0 aromatic heterocycles. The summed E-state index contributed by atoms with van der Waals surface area (Å²) in [5.74, 6) is -0.327. The Hall–Kier alpha value is -2.15. The van der Waals surface area contributed by atoms with Crippen LogP contribution in [0.4, 0.5) is 11.4 Å². The van der Waals surface area contributed by atoms with Crippen molar-refractivity contribution >= 4 is 17.3 Å². The maximum absolute atomic E-state index is 12.0. The molecule has 1 aromatic carbocycles. The highest BCUT2D eigenvalue weighted by Gasteiger charge is 2.20. The predicted octanol–water partition coefficient (Wildman–Crippen LogP) is 0.468. The lowest BCUT2D eigenvalue weighted by molar-refractivity contribution is -0.383. The highest BCUT2D eigenvalue weighted by Crippen LogP contribution is 2.25. The van der Waals surface area contributed by atoms with Gasteiger partial charge in [-0.3, -0.25) is 14.9 Å². The van der Waals surface area contributed by atoms with Crippen molar-refractivity contribution in [2.45, 2.75) is 0 Å². The maximum atomic E-state index is 12.0. The summed E-state index contributed by atoms with van der Waals surface area (Å²) in [4.78, 5) is 23.6. The van der Waals surface area contributed by atoms with Gasteiger partial charge in [0.25, 0.3) is 11.6 Å². The molecule has 18 heavy (non-hydrogen) atoms. The van der Waals surface area contributed by atoms with E-state index in [-0.39, 0.29) is 22.8 Å². The van der Waals surface area contributed by atoms with E-state index in [4.69, 9.17) is 5.73 Å². The predicted molar refractivity (Wildman–Crippen MR) is 68.4 cm³/mol. The number of hydrogen-bond acceptors (Lipinski definition) is 5. The molecule has 0 saturated carbocycles. The first-order valence-electron chi connectivity index (χ1n) is 5.42. The van der Waals surface area contributed by atoms with Crippen molar-refractivity contribution in [2.75, 3.05) is 32.9 Å². The quantitative estimate of drug-likeness (QED) is 0.450. The van der Waals surface area contributed by atoms with Crippen LogP contribution in [0.1, 0.15) is 10.4 Å². The number of nitrogens with zero attached hydrogens (tertiary/aromatic N) is 2. The van der Waals surface area contributed by atoms with Crippen LogP contribution >= 0.6 is 0 Å². The van der Waals surface area contributed by atoms with Crippen molar-refractivity contribution in [1.29, 1.82) is 0 Å². The first-order chi connectivity index (χ1) is 8.49. The number of carbonyl (C=O) groups is 1. The molecule has 0 atom stereocenters.